The van der Waals surface area contributed by atoms with Gasteiger partial charge in [0.25, 0.3) is 0 Å². The second-order valence-electron chi connectivity index (χ2n) is 26.0. The van der Waals surface area contributed by atoms with E-state index in [0.717, 1.165) is 90.3 Å². The smallest absolute Gasteiger partial charge is 0.302 e. The van der Waals surface area contributed by atoms with E-state index in [4.69, 9.17) is 28.4 Å². The van der Waals surface area contributed by atoms with E-state index in [-0.39, 0.29) is 69.9 Å². The Kier molecular flexibility index (Phi) is 10.3. The first-order valence-electron chi connectivity index (χ1n) is 27.2. The van der Waals surface area contributed by atoms with Gasteiger partial charge in [-0.25, -0.2) is 0 Å². The summed E-state index contributed by atoms with van der Waals surface area (Å²) in [7, 11) is 0. The lowest BCUT2D eigenvalue weighted by Crippen LogP contribution is -2.50. The van der Waals surface area contributed by atoms with Crippen LogP contribution in [0.1, 0.15) is 172 Å². The minimum atomic E-state index is -0.451. The highest BCUT2D eigenvalue weighted by Crippen LogP contribution is 2.74. The molecule has 0 aromatic heterocycles. The van der Waals surface area contributed by atoms with E-state index in [2.05, 4.69) is 67.5 Å². The third-order valence-electron chi connectivity index (χ3n) is 22.6. The third-order valence-corrected chi connectivity index (χ3v) is 22.6. The molecular formula is C58H82O8. The summed E-state index contributed by atoms with van der Waals surface area (Å²) in [6.45, 7) is 24.8. The summed E-state index contributed by atoms with van der Waals surface area (Å²) in [5.74, 6) is 2.78. The van der Waals surface area contributed by atoms with Crippen LogP contribution in [0.3, 0.4) is 0 Å². The molecule has 8 aliphatic carbocycles. The Balaban J connectivity index is 0.992. The van der Waals surface area contributed by atoms with Crippen LogP contribution in [0, 0.1) is 80.8 Å². The molecule has 0 aromatic carbocycles. The molecule has 4 saturated carbocycles. The summed E-state index contributed by atoms with van der Waals surface area (Å²) in [4.78, 5) is 25.1. The monoisotopic (exact) mass is 907 g/mol. The van der Waals surface area contributed by atoms with Gasteiger partial charge >= 0.3 is 11.9 Å². The quantitative estimate of drug-likeness (QED) is 0.204. The minimum Gasteiger partial charge on any atom is -0.462 e. The largest absolute Gasteiger partial charge is 0.462 e. The van der Waals surface area contributed by atoms with Crippen LogP contribution in [-0.2, 0) is 38.0 Å². The van der Waals surface area contributed by atoms with Crippen LogP contribution in [-0.4, -0.2) is 61.1 Å². The summed E-state index contributed by atoms with van der Waals surface area (Å²) in [5, 5.41) is 0. The van der Waals surface area contributed by atoms with E-state index in [0.29, 0.717) is 47.3 Å². The lowest BCUT2D eigenvalue weighted by atomic mass is 9.47. The van der Waals surface area contributed by atoms with Gasteiger partial charge in [-0.3, -0.25) is 9.59 Å². The van der Waals surface area contributed by atoms with Crippen molar-refractivity contribution in [2.24, 2.45) is 80.8 Å². The fourth-order valence-electron chi connectivity index (χ4n) is 19.2. The molecule has 0 unspecified atom stereocenters. The molecule has 4 heterocycles. The van der Waals surface area contributed by atoms with Crippen LogP contribution in [0.2, 0.25) is 0 Å². The Morgan fingerprint density at radius 1 is 0.576 bits per heavy atom. The second kappa shape index (κ2) is 15.1. The van der Waals surface area contributed by atoms with Crippen molar-refractivity contribution < 1.29 is 38.0 Å². The van der Waals surface area contributed by atoms with E-state index in [9.17, 15) is 9.59 Å². The Morgan fingerprint density at radius 3 is 1.35 bits per heavy atom. The van der Waals surface area contributed by atoms with Crippen LogP contribution < -0.4 is 0 Å². The number of ether oxygens (including phenoxy) is 6. The molecule has 12 aliphatic rings. The predicted molar refractivity (Wildman–Crippen MR) is 252 cm³/mol. The van der Waals surface area contributed by atoms with Gasteiger partial charge in [0.05, 0.1) is 25.4 Å². The van der Waals surface area contributed by atoms with Crippen molar-refractivity contribution in [1.82, 2.24) is 0 Å². The number of esters is 2. The second-order valence-corrected chi connectivity index (χ2v) is 26.0. The molecule has 12 rings (SSSR count). The lowest BCUT2D eigenvalue weighted by molar-refractivity contribution is -0.271. The van der Waals surface area contributed by atoms with Crippen molar-refractivity contribution in [3.8, 4) is 0 Å². The summed E-state index contributed by atoms with van der Waals surface area (Å²) in [6.07, 6.45) is 22.3. The first-order valence-corrected chi connectivity index (χ1v) is 27.2. The summed E-state index contributed by atoms with van der Waals surface area (Å²) < 4.78 is 40.5. The van der Waals surface area contributed by atoms with Crippen molar-refractivity contribution >= 4 is 11.9 Å². The van der Waals surface area contributed by atoms with E-state index >= 15 is 0 Å². The number of hydrogen-bond acceptors (Lipinski definition) is 8. The van der Waals surface area contributed by atoms with Gasteiger partial charge in [-0.15, -0.1) is 0 Å². The summed E-state index contributed by atoms with van der Waals surface area (Å²) in [6, 6.07) is 0. The van der Waals surface area contributed by atoms with Crippen LogP contribution in [0.5, 0.6) is 0 Å². The van der Waals surface area contributed by atoms with Crippen LogP contribution >= 0.6 is 0 Å². The predicted octanol–water partition coefficient (Wildman–Crippen LogP) is 12.2. The summed E-state index contributed by atoms with van der Waals surface area (Å²) in [5.41, 5.74) is 10.0. The lowest BCUT2D eigenvalue weighted by Gasteiger charge is -2.58. The van der Waals surface area contributed by atoms with Gasteiger partial charge in [0.1, 0.15) is 12.2 Å². The van der Waals surface area contributed by atoms with Gasteiger partial charge in [-0.2, -0.15) is 0 Å². The van der Waals surface area contributed by atoms with Gasteiger partial charge in [-0.1, -0.05) is 101 Å². The number of carbonyl (C=O) groups is 2. The molecule has 8 nitrogen and oxygen atoms in total. The van der Waals surface area contributed by atoms with Crippen molar-refractivity contribution in [1.29, 1.82) is 0 Å². The standard InChI is InChI=1S/C58H82O8/c1-31-11-21-57(61-29-31)33(3)51-47(65-57)27-45-49-41(25-37-23-39(63-35(5)59)13-17-53(37,7)43(49)15-19-55(45,51)9)42-26-38-24-40(64-36(6)60)14-18-54(38,8)44-16-20-56(10)46(50(42)44)28-48-52(56)34(4)58(66-48)22-12-32(2)30-62-58/h25-26,31-34,39-42,45-48,51-52H,11-24,27-30H2,1-10H3/t31-,32-,33-,34+,39+,40+,41+,42-,45+,46-,47-,48-,51-,52-,53+,54-,55+,56+,57+,58+/m0/s1. The molecule has 0 aromatic rings. The molecule has 8 heteroatoms. The maximum absolute atomic E-state index is 12.5. The van der Waals surface area contributed by atoms with E-state index in [1.54, 1.807) is 36.1 Å². The Bertz CT molecular complexity index is 2030. The third kappa shape index (κ3) is 6.20. The molecule has 4 saturated heterocycles. The number of allylic oxidation sites excluding steroid dienone is 6. The molecule has 0 amide bonds. The first kappa shape index (κ1) is 44.9. The fraction of sp³-hybridized carbons (Fsp3) is 0.828. The number of hydrogen-bond donors (Lipinski definition) is 0. The molecule has 66 heavy (non-hydrogen) atoms. The molecule has 0 radical (unpaired) electrons. The first-order chi connectivity index (χ1) is 31.3. The average molecular weight is 907 g/mol. The Morgan fingerprint density at radius 2 is 0.985 bits per heavy atom. The van der Waals surface area contributed by atoms with Gasteiger partial charge in [0, 0.05) is 74.0 Å². The van der Waals surface area contributed by atoms with E-state index in [1.165, 1.54) is 36.8 Å². The zero-order valence-corrected chi connectivity index (χ0v) is 42.2. The van der Waals surface area contributed by atoms with E-state index < -0.39 is 11.6 Å². The molecule has 8 fully saturated rings. The highest BCUT2D eigenvalue weighted by molar-refractivity contribution is 5.66. The molecular weight excluding hydrogens is 825 g/mol. The van der Waals surface area contributed by atoms with Crippen LogP contribution in [0.25, 0.3) is 0 Å². The van der Waals surface area contributed by atoms with Gasteiger partial charge in [0.2, 0.25) is 0 Å². The van der Waals surface area contributed by atoms with Crippen molar-refractivity contribution in [3.05, 3.63) is 45.6 Å². The van der Waals surface area contributed by atoms with Gasteiger partial charge < -0.3 is 28.4 Å². The molecule has 4 aliphatic heterocycles. The Labute approximate surface area is 396 Å². The van der Waals surface area contributed by atoms with E-state index in [1.807, 2.05) is 0 Å². The topological polar surface area (TPSA) is 89.5 Å². The highest BCUT2D eigenvalue weighted by Gasteiger charge is 2.70. The normalized spacial score (nSPS) is 53.4. The SMILES string of the molecule is CC(=O)O[C@@H]1CC[C@@]2(C)C(=C[C@@H]([C@H]3C=C4C[C@H](OC(C)=O)CC[C@@]4(C)C4=C3[C@H]3C[C@@H]5O[C@]6(CC[C@H](C)CO6)[C@@H](C)[C@@H]5[C@]3(C)CC4)C3=C2CC[C@@]2(C)[C@@H]4[C@H](C[C@@H]32)O[C@]2(CC[C@H](C)CO2)[C@@H]4C)C1. The molecule has 0 N–H and O–H groups in total. The average Bonchev–Trinajstić information content (AvgIpc) is 3.92. The zero-order valence-electron chi connectivity index (χ0n) is 42.2. The maximum Gasteiger partial charge on any atom is 0.302 e. The maximum atomic E-state index is 12.5. The van der Waals surface area contributed by atoms with Gasteiger partial charge in [0.15, 0.2) is 11.6 Å². The van der Waals surface area contributed by atoms with Crippen molar-refractivity contribution in [2.75, 3.05) is 13.2 Å². The van der Waals surface area contributed by atoms with Crippen LogP contribution in [0.15, 0.2) is 45.6 Å². The molecule has 20 atom stereocenters. The number of rotatable bonds is 3. The number of carbonyl (C=O) groups excluding carboxylic acids is 2. The van der Waals surface area contributed by atoms with Crippen molar-refractivity contribution in [3.63, 3.8) is 0 Å². The molecule has 2 spiro atoms. The van der Waals surface area contributed by atoms with Crippen molar-refractivity contribution in [2.45, 2.75) is 208 Å². The Hall–Kier alpha value is -2.26. The minimum absolute atomic E-state index is 0.0445. The van der Waals surface area contributed by atoms with Crippen LogP contribution in [0.4, 0.5) is 0 Å². The zero-order chi connectivity index (χ0) is 46.1. The molecule has 0 bridgehead atoms. The highest BCUT2D eigenvalue weighted by atomic mass is 16.7. The molecule has 362 valence electrons. The number of fused-ring (bicyclic) bond motifs is 12. The fourth-order valence-corrected chi connectivity index (χ4v) is 19.2. The van der Waals surface area contributed by atoms with Gasteiger partial charge in [-0.05, 0) is 123 Å². The summed E-state index contributed by atoms with van der Waals surface area (Å²) >= 11 is 0.